The van der Waals surface area contributed by atoms with Gasteiger partial charge in [-0.05, 0) is 55.7 Å². The molecule has 0 radical (unpaired) electrons. The normalized spacial score (nSPS) is 11.5. The van der Waals surface area contributed by atoms with Gasteiger partial charge in [0, 0.05) is 82.5 Å². The van der Waals surface area contributed by atoms with Gasteiger partial charge in [-0.25, -0.2) is 30.2 Å². The van der Waals surface area contributed by atoms with Gasteiger partial charge in [-0.3, -0.25) is 4.98 Å². The number of nitro groups is 2. The van der Waals surface area contributed by atoms with E-state index >= 15 is 0 Å². The molecule has 0 bridgehead atoms. The molecule has 0 unspecified atom stereocenters. The molecular formula is C29H48Cl3N13O4S2. The quantitative estimate of drug-likeness (QED) is 0.0492. The van der Waals surface area contributed by atoms with Gasteiger partial charge in [0.25, 0.3) is 5.96 Å². The monoisotopic (exact) mass is 811 g/mol. The molecule has 4 rings (SSSR count). The lowest BCUT2D eigenvalue weighted by molar-refractivity contribution is -0.485. The zero-order valence-electron chi connectivity index (χ0n) is 28.6. The van der Waals surface area contributed by atoms with Gasteiger partial charge >= 0.3 is 0 Å². The van der Waals surface area contributed by atoms with E-state index in [1.807, 2.05) is 31.2 Å². The van der Waals surface area contributed by atoms with Crippen molar-refractivity contribution < 1.29 is 10.1 Å². The predicted molar refractivity (Wildman–Crippen MR) is 215 cm³/mol. The van der Waals surface area contributed by atoms with Gasteiger partial charge in [0.1, 0.15) is 15.4 Å². The first-order valence-electron chi connectivity index (χ1n) is 14.7. The summed E-state index contributed by atoms with van der Waals surface area (Å²) in [6.45, 7) is 10.4. The van der Waals surface area contributed by atoms with Gasteiger partial charge in [-0.15, -0.1) is 11.6 Å². The Labute approximate surface area is 327 Å². The van der Waals surface area contributed by atoms with Crippen LogP contribution >= 0.6 is 61.8 Å². The Balaban J connectivity index is -0.000000601. The molecule has 0 aliphatic carbocycles. The lowest BCUT2D eigenvalue weighted by Gasteiger charge is -2.14. The van der Waals surface area contributed by atoms with Crippen molar-refractivity contribution in [1.29, 1.82) is 0 Å². The summed E-state index contributed by atoms with van der Waals surface area (Å²) in [6, 6.07) is 11.2. The summed E-state index contributed by atoms with van der Waals surface area (Å²) >= 11 is 16.8. The molecule has 1 saturated heterocycles. The van der Waals surface area contributed by atoms with Crippen LogP contribution in [0.1, 0.15) is 36.2 Å². The van der Waals surface area contributed by atoms with E-state index in [1.165, 1.54) is 0 Å². The first-order chi connectivity index (χ1) is 23.3. The number of halogens is 3. The number of hydrogen-bond acceptors (Lipinski definition) is 11. The van der Waals surface area contributed by atoms with E-state index in [0.717, 1.165) is 35.5 Å². The number of rotatable bonds is 10. The van der Waals surface area contributed by atoms with Crippen LogP contribution in [0.4, 0.5) is 0 Å². The summed E-state index contributed by atoms with van der Waals surface area (Å²) in [7, 11) is 0. The van der Waals surface area contributed by atoms with Crippen LogP contribution in [-0.2, 0) is 19.0 Å². The maximum absolute atomic E-state index is 10.3. The number of aromatic nitrogens is 3. The summed E-state index contributed by atoms with van der Waals surface area (Å²) in [5, 5.41) is 31.5. The average Bonchev–Trinajstić information content (AvgIpc) is 3.49. The second kappa shape index (κ2) is 32.5. The molecule has 1 aliphatic rings. The van der Waals surface area contributed by atoms with Crippen LogP contribution < -0.4 is 27.8 Å². The third-order valence-electron chi connectivity index (χ3n) is 5.32. The molecule has 3 aromatic heterocycles. The predicted octanol–water partition coefficient (Wildman–Crippen LogP) is 3.39. The zero-order chi connectivity index (χ0) is 37.0. The third kappa shape index (κ3) is 28.9. The van der Waals surface area contributed by atoms with Crippen molar-refractivity contribution in [3.05, 3.63) is 108 Å². The Morgan fingerprint density at radius 1 is 0.882 bits per heavy atom. The molecule has 22 heteroatoms. The van der Waals surface area contributed by atoms with E-state index in [1.54, 1.807) is 49.5 Å². The van der Waals surface area contributed by atoms with Crippen LogP contribution in [0.2, 0.25) is 10.3 Å². The number of nitrogens with two attached hydrogens (primary N) is 3. The number of nitrogens with zero attached hydrogens (tertiary/aromatic N) is 8. The molecule has 0 spiro atoms. The maximum Gasteiger partial charge on any atom is 0.271 e. The van der Waals surface area contributed by atoms with Gasteiger partial charge in [0.05, 0.1) is 10.8 Å². The molecule has 8 N–H and O–H groups in total. The van der Waals surface area contributed by atoms with Gasteiger partial charge in [-0.2, -0.15) is 27.0 Å². The van der Waals surface area contributed by atoms with Gasteiger partial charge in [0.15, 0.2) is 10.1 Å². The molecule has 4 heterocycles. The maximum atomic E-state index is 10.3. The second-order valence-corrected chi connectivity index (χ2v) is 10.8. The fourth-order valence-electron chi connectivity index (χ4n) is 3.16. The fourth-order valence-corrected chi connectivity index (χ4v) is 3.54. The highest BCUT2D eigenvalue weighted by Crippen LogP contribution is 2.10. The molecule has 286 valence electrons. The van der Waals surface area contributed by atoms with Crippen LogP contribution in [0.25, 0.3) is 0 Å². The standard InChI is InChI=1S/C9H10ClN5O2.C8H12ClN3.C7H8ClN.C3H6N2O2.C2H8N2.2H2S/c10-8-2-1-7(5-12-8)6-14-4-3-11-9(14)13-15(16)17;9-8-2-1-7(6-12-8)5-11-4-3-10;1-6-2-3-7(4-8)5-9-6;1-3(2)4-5(6)7;3-1-2-4;;/h1-2,5H,3-4,6H2,(H,11,13);1-2,6,11H,3-5,10H2;2-3,5H,4H2,1H3;1-2H3;1-4H2;2*1H2. The average molecular weight is 813 g/mol. The lowest BCUT2D eigenvalue weighted by Crippen LogP contribution is -2.30. The van der Waals surface area contributed by atoms with Crippen LogP contribution in [0.15, 0.2) is 65.2 Å². The number of pyridine rings is 3. The molecule has 0 aromatic carbocycles. The number of hydrazone groups is 2. The van der Waals surface area contributed by atoms with Gasteiger partial charge in [-0.1, -0.05) is 41.4 Å². The Hall–Kier alpha value is -3.40. The van der Waals surface area contributed by atoms with E-state index in [0.29, 0.717) is 61.2 Å². The third-order valence-corrected chi connectivity index (χ3v) is 6.07. The van der Waals surface area contributed by atoms with Crippen LogP contribution in [0, 0.1) is 27.2 Å². The van der Waals surface area contributed by atoms with E-state index in [2.05, 4.69) is 35.8 Å². The lowest BCUT2D eigenvalue weighted by atomic mass is 10.3. The molecule has 3 aromatic rings. The zero-order valence-corrected chi connectivity index (χ0v) is 32.9. The van der Waals surface area contributed by atoms with Gasteiger partial charge < -0.3 is 32.7 Å². The first-order valence-corrected chi connectivity index (χ1v) is 16.0. The Morgan fingerprint density at radius 2 is 1.43 bits per heavy atom. The summed E-state index contributed by atoms with van der Waals surface area (Å²) < 4.78 is 0. The van der Waals surface area contributed by atoms with Gasteiger partial charge in [0.2, 0.25) is 0 Å². The summed E-state index contributed by atoms with van der Waals surface area (Å²) in [5.41, 5.74) is 19.7. The molecule has 0 amide bonds. The first kappa shape index (κ1) is 52.0. The molecule has 1 aliphatic heterocycles. The molecular weight excluding hydrogens is 765 g/mol. The highest BCUT2D eigenvalue weighted by Gasteiger charge is 2.21. The van der Waals surface area contributed by atoms with E-state index in [4.69, 9.17) is 52.0 Å². The topological polar surface area (TPSA) is 255 Å². The molecule has 0 atom stereocenters. The molecule has 17 nitrogen and oxygen atoms in total. The molecule has 51 heavy (non-hydrogen) atoms. The van der Waals surface area contributed by atoms with E-state index in [9.17, 15) is 20.2 Å². The number of hydrogen-bond donors (Lipinski definition) is 5. The van der Waals surface area contributed by atoms with Crippen molar-refractivity contribution in [2.75, 3.05) is 39.3 Å². The minimum absolute atomic E-state index is 0. The molecule has 0 saturated carbocycles. The van der Waals surface area contributed by atoms with Crippen LogP contribution in [-0.4, -0.2) is 80.9 Å². The largest absolute Gasteiger partial charge is 0.349 e. The minimum Gasteiger partial charge on any atom is -0.349 e. The summed E-state index contributed by atoms with van der Waals surface area (Å²) in [5.74, 6) is 0.831. The summed E-state index contributed by atoms with van der Waals surface area (Å²) in [4.78, 5) is 33.5. The number of nitrogens with one attached hydrogen (secondary N) is 2. The highest BCUT2D eigenvalue weighted by molar-refractivity contribution is 7.59. The van der Waals surface area contributed by atoms with Crippen molar-refractivity contribution in [3.63, 3.8) is 0 Å². The number of guanidine groups is 1. The van der Waals surface area contributed by atoms with E-state index < -0.39 is 10.1 Å². The Morgan fingerprint density at radius 3 is 1.82 bits per heavy atom. The highest BCUT2D eigenvalue weighted by atomic mass is 35.5. The SMILES string of the molecule is CC(C)=N[N+](=O)[O-].Cc1ccc(CCl)cn1.NCCN.NCCNCc1ccc(Cl)nc1.O=[N+]([O-])/N=C1\NCCN1Cc1ccc(Cl)nc1.S.S. The fraction of sp³-hybridized carbons (Fsp3) is 0.414. The van der Waals surface area contributed by atoms with Crippen LogP contribution in [0.3, 0.4) is 0 Å². The Bertz CT molecular complexity index is 1410. The van der Waals surface area contributed by atoms with Crippen molar-refractivity contribution in [1.82, 2.24) is 30.5 Å². The van der Waals surface area contributed by atoms with Crippen molar-refractivity contribution >= 4 is 73.5 Å². The Kier molecular flexibility index (Phi) is 33.1. The molecule has 1 fully saturated rings. The minimum atomic E-state index is -0.713. The van der Waals surface area contributed by atoms with Crippen LogP contribution in [0.5, 0.6) is 0 Å². The van der Waals surface area contributed by atoms with Crippen molar-refractivity contribution in [3.8, 4) is 0 Å². The van der Waals surface area contributed by atoms with Crippen molar-refractivity contribution in [2.24, 2.45) is 27.4 Å². The van der Waals surface area contributed by atoms with Crippen molar-refractivity contribution in [2.45, 2.75) is 39.7 Å². The number of alkyl halides is 1. The smallest absolute Gasteiger partial charge is 0.271 e. The summed E-state index contributed by atoms with van der Waals surface area (Å²) in [6.07, 6.45) is 5.19. The van der Waals surface area contributed by atoms with E-state index in [-0.39, 0.29) is 33.0 Å². The second-order valence-electron chi connectivity index (χ2n) is 9.76. The number of aryl methyl sites for hydroxylation is 1.